The molecule has 7 heteroatoms. The molecule has 0 fully saturated rings. The van der Waals surface area contributed by atoms with Crippen molar-refractivity contribution >= 4 is 41.6 Å². The summed E-state index contributed by atoms with van der Waals surface area (Å²) in [4.78, 5) is 38.1. The van der Waals surface area contributed by atoms with Crippen LogP contribution in [0.25, 0.3) is 0 Å². The molecule has 0 saturated carbocycles. The molecular weight excluding hydrogens is 422 g/mol. The van der Waals surface area contributed by atoms with Crippen LogP contribution in [0.1, 0.15) is 27.0 Å². The Bertz CT molecular complexity index is 1130. The van der Waals surface area contributed by atoms with Gasteiger partial charge in [-0.05, 0) is 30.7 Å². The van der Waals surface area contributed by atoms with Crippen LogP contribution in [0, 0.1) is 6.92 Å². The van der Waals surface area contributed by atoms with Crippen molar-refractivity contribution in [3.63, 3.8) is 0 Å². The molecule has 32 heavy (non-hydrogen) atoms. The first-order valence-electron chi connectivity index (χ1n) is 10.2. The van der Waals surface area contributed by atoms with Gasteiger partial charge in [0, 0.05) is 16.8 Å². The minimum Gasteiger partial charge on any atom is -0.347 e. The highest BCUT2D eigenvalue weighted by atomic mass is 32.1. The molecule has 0 aliphatic carbocycles. The molecule has 3 aromatic carbocycles. The van der Waals surface area contributed by atoms with E-state index in [4.69, 9.17) is 0 Å². The van der Waals surface area contributed by atoms with Crippen LogP contribution in [-0.4, -0.2) is 29.4 Å². The molecule has 3 aromatic rings. The molecule has 0 unspecified atom stereocenters. The second-order valence-electron chi connectivity index (χ2n) is 7.54. The summed E-state index contributed by atoms with van der Waals surface area (Å²) in [5, 5.41) is 5.60. The van der Waals surface area contributed by atoms with Crippen LogP contribution in [0.4, 0.5) is 11.4 Å². The normalized spacial score (nSPS) is 11.5. The zero-order chi connectivity index (χ0) is 23.1. The largest absolute Gasteiger partial charge is 0.347 e. The average molecular weight is 449 g/mol. The lowest BCUT2D eigenvalue weighted by atomic mass is 10.0. The number of nitrogens with one attached hydrogen (secondary N) is 2. The Morgan fingerprint density at radius 2 is 1.69 bits per heavy atom. The number of ketones is 1. The number of amides is 2. The molecule has 1 atom stereocenters. The van der Waals surface area contributed by atoms with Crippen molar-refractivity contribution in [1.82, 2.24) is 0 Å². The van der Waals surface area contributed by atoms with E-state index in [9.17, 15) is 14.4 Å². The van der Waals surface area contributed by atoms with Gasteiger partial charge in [-0.1, -0.05) is 60.2 Å². The fourth-order valence-corrected chi connectivity index (χ4v) is 3.36. The Labute approximate surface area is 192 Å². The van der Waals surface area contributed by atoms with Crippen LogP contribution >= 0.6 is 12.6 Å². The van der Waals surface area contributed by atoms with E-state index in [-0.39, 0.29) is 29.6 Å². The van der Waals surface area contributed by atoms with Gasteiger partial charge in [-0.3, -0.25) is 14.4 Å². The number of rotatable bonds is 8. The number of anilines is 2. The summed E-state index contributed by atoms with van der Waals surface area (Å²) in [5.74, 6) is -0.487. The van der Waals surface area contributed by atoms with Crippen molar-refractivity contribution in [3.05, 3.63) is 95.1 Å². The lowest BCUT2D eigenvalue weighted by molar-refractivity contribution is -0.395. The number of carbonyl (C=O) groups is 3. The molecule has 164 valence electrons. The predicted octanol–water partition coefficient (Wildman–Crippen LogP) is 2.89. The maximum Gasteiger partial charge on any atom is 0.283 e. The summed E-state index contributed by atoms with van der Waals surface area (Å²) >= 11 is 4.10. The third kappa shape index (κ3) is 6.06. The van der Waals surface area contributed by atoms with Crippen LogP contribution in [0.2, 0.25) is 0 Å². The molecule has 0 aromatic heterocycles. The Hall–Kier alpha value is -3.42. The second kappa shape index (κ2) is 10.7. The van der Waals surface area contributed by atoms with Gasteiger partial charge in [0.2, 0.25) is 5.91 Å². The first-order chi connectivity index (χ1) is 15.4. The van der Waals surface area contributed by atoms with E-state index < -0.39 is 6.04 Å². The molecule has 6 nitrogen and oxygen atoms in total. The minimum absolute atomic E-state index is 0.185. The van der Waals surface area contributed by atoms with E-state index in [1.165, 1.54) is 0 Å². The van der Waals surface area contributed by atoms with Gasteiger partial charge in [0.25, 0.3) is 5.91 Å². The molecule has 0 spiro atoms. The van der Waals surface area contributed by atoms with E-state index in [1.807, 2.05) is 37.3 Å². The Kier molecular flexibility index (Phi) is 7.81. The van der Waals surface area contributed by atoms with E-state index in [2.05, 4.69) is 29.0 Å². The van der Waals surface area contributed by atoms with Gasteiger partial charge in [0.1, 0.15) is 0 Å². The molecular formula is C25H26N3O3S+. The van der Waals surface area contributed by atoms with Crippen LogP contribution in [-0.2, 0) is 16.0 Å². The molecule has 0 radical (unpaired) electrons. The molecule has 2 amide bonds. The number of hydrogen-bond acceptors (Lipinski definition) is 4. The lowest BCUT2D eigenvalue weighted by Crippen LogP contribution is -2.67. The van der Waals surface area contributed by atoms with E-state index >= 15 is 0 Å². The van der Waals surface area contributed by atoms with Crippen molar-refractivity contribution in [2.75, 3.05) is 16.4 Å². The fourth-order valence-electron chi connectivity index (χ4n) is 3.19. The topological polar surface area (TPSA) is 103 Å². The second-order valence-corrected chi connectivity index (χ2v) is 7.90. The van der Waals surface area contributed by atoms with E-state index in [0.717, 1.165) is 11.1 Å². The van der Waals surface area contributed by atoms with Crippen molar-refractivity contribution < 1.29 is 20.1 Å². The SMILES string of the molecule is Cc1cccc(CC(=O)Nc2ccc(NC(=O)[C@@H]([NH3+])CS)cc2C(=O)c2ccccc2)c1. The van der Waals surface area contributed by atoms with Crippen molar-refractivity contribution in [1.29, 1.82) is 0 Å². The van der Waals surface area contributed by atoms with Gasteiger partial charge in [0.15, 0.2) is 11.8 Å². The zero-order valence-corrected chi connectivity index (χ0v) is 18.7. The molecule has 0 saturated heterocycles. The molecule has 0 heterocycles. The van der Waals surface area contributed by atoms with Crippen LogP contribution in [0.15, 0.2) is 72.8 Å². The standard InChI is InChI=1S/C25H25N3O3S/c1-16-6-5-7-17(12-16)13-23(29)28-22-11-10-19(27-25(31)21(26)15-32)14-20(22)24(30)18-8-3-2-4-9-18/h2-12,14,21,32H,13,15,26H2,1H3,(H,27,31)(H,28,29)/p+1/t21-/m0/s1. The molecule has 3 rings (SSSR count). The lowest BCUT2D eigenvalue weighted by Gasteiger charge is -2.14. The summed E-state index contributed by atoms with van der Waals surface area (Å²) < 4.78 is 0. The highest BCUT2D eigenvalue weighted by Crippen LogP contribution is 2.24. The van der Waals surface area contributed by atoms with E-state index in [1.54, 1.807) is 42.5 Å². The maximum atomic E-state index is 13.2. The van der Waals surface area contributed by atoms with Gasteiger partial charge < -0.3 is 16.4 Å². The number of carbonyl (C=O) groups excluding carboxylic acids is 3. The highest BCUT2D eigenvalue weighted by Gasteiger charge is 2.19. The smallest absolute Gasteiger partial charge is 0.283 e. The Morgan fingerprint density at radius 3 is 2.38 bits per heavy atom. The number of quaternary nitrogens is 1. The summed E-state index contributed by atoms with van der Waals surface area (Å²) in [6.07, 6.45) is 0.185. The number of aryl methyl sites for hydroxylation is 1. The van der Waals surface area contributed by atoms with Gasteiger partial charge >= 0.3 is 0 Å². The molecule has 0 aliphatic heterocycles. The maximum absolute atomic E-state index is 13.2. The van der Waals surface area contributed by atoms with Crippen molar-refractivity contribution in [2.24, 2.45) is 0 Å². The molecule has 5 N–H and O–H groups in total. The Balaban J connectivity index is 1.89. The summed E-state index contributed by atoms with van der Waals surface area (Å²) in [5.41, 5.74) is 7.30. The van der Waals surface area contributed by atoms with Gasteiger partial charge in [-0.25, -0.2) is 0 Å². The number of thiol groups is 1. The summed E-state index contributed by atoms with van der Waals surface area (Å²) in [6.45, 7) is 1.97. The summed E-state index contributed by atoms with van der Waals surface area (Å²) in [6, 6.07) is 20.8. The third-order valence-electron chi connectivity index (χ3n) is 4.88. The van der Waals surface area contributed by atoms with Gasteiger partial charge in [-0.15, -0.1) is 0 Å². The summed E-state index contributed by atoms with van der Waals surface area (Å²) in [7, 11) is 0. The quantitative estimate of drug-likeness (QED) is 0.315. The predicted molar refractivity (Wildman–Crippen MR) is 129 cm³/mol. The first-order valence-corrected chi connectivity index (χ1v) is 10.8. The zero-order valence-electron chi connectivity index (χ0n) is 17.8. The van der Waals surface area contributed by atoms with Crippen molar-refractivity contribution in [2.45, 2.75) is 19.4 Å². The van der Waals surface area contributed by atoms with E-state index in [0.29, 0.717) is 22.7 Å². The van der Waals surface area contributed by atoms with Gasteiger partial charge in [-0.2, -0.15) is 12.6 Å². The number of benzene rings is 3. The van der Waals surface area contributed by atoms with Gasteiger partial charge in [0.05, 0.1) is 17.9 Å². The highest BCUT2D eigenvalue weighted by molar-refractivity contribution is 7.80. The fraction of sp³-hybridized carbons (Fsp3) is 0.160. The minimum atomic E-state index is -0.527. The van der Waals surface area contributed by atoms with Crippen LogP contribution in [0.3, 0.4) is 0 Å². The third-order valence-corrected chi connectivity index (χ3v) is 5.32. The number of hydrogen-bond donors (Lipinski definition) is 4. The van der Waals surface area contributed by atoms with Crippen LogP contribution in [0.5, 0.6) is 0 Å². The van der Waals surface area contributed by atoms with Crippen molar-refractivity contribution in [3.8, 4) is 0 Å². The van der Waals surface area contributed by atoms with Crippen LogP contribution < -0.4 is 16.4 Å². The molecule has 0 aliphatic rings. The first kappa shape index (κ1) is 23.2. The average Bonchev–Trinajstić information content (AvgIpc) is 2.79. The monoisotopic (exact) mass is 448 g/mol. The molecule has 0 bridgehead atoms. The Morgan fingerprint density at radius 1 is 0.938 bits per heavy atom.